The summed E-state index contributed by atoms with van der Waals surface area (Å²) in [5.41, 5.74) is 1.82. The van der Waals surface area contributed by atoms with Crippen LogP contribution in [0.2, 0.25) is 5.28 Å². The molecule has 4 rings (SSSR count). The summed E-state index contributed by atoms with van der Waals surface area (Å²) < 4.78 is 44.7. The van der Waals surface area contributed by atoms with Crippen molar-refractivity contribution in [3.8, 4) is 0 Å². The van der Waals surface area contributed by atoms with Gasteiger partial charge in [0.2, 0.25) is 16.5 Å². The highest BCUT2D eigenvalue weighted by atomic mass is 35.5. The highest BCUT2D eigenvalue weighted by molar-refractivity contribution is 8.20. The lowest BCUT2D eigenvalue weighted by atomic mass is 10.1. The Hall–Kier alpha value is -2.24. The maximum absolute atomic E-state index is 13.1. The molecular weight excluding hydrogens is 455 g/mol. The number of aromatic nitrogens is 2. The van der Waals surface area contributed by atoms with Gasteiger partial charge in [-0.2, -0.15) is 0 Å². The Labute approximate surface area is 184 Å². The fourth-order valence-corrected chi connectivity index (χ4v) is 4.34. The summed E-state index contributed by atoms with van der Waals surface area (Å²) in [6.45, 7) is 4.39. The van der Waals surface area contributed by atoms with Gasteiger partial charge in [-0.05, 0) is 36.2 Å². The molecule has 168 valence electrons. The quantitative estimate of drug-likeness (QED) is 0.638. The number of halogens is 4. The van der Waals surface area contributed by atoms with Crippen LogP contribution in [0, 0.1) is 0 Å². The largest absolute Gasteiger partial charge is 0.378 e. The van der Waals surface area contributed by atoms with Gasteiger partial charge >= 0.3 is 6.03 Å². The molecule has 0 spiro atoms. The number of fused-ring (bicyclic) bond motifs is 1. The molecule has 2 aromatic rings. The summed E-state index contributed by atoms with van der Waals surface area (Å²) in [5.74, 6) is 0.421. The van der Waals surface area contributed by atoms with Crippen molar-refractivity contribution in [3.05, 3.63) is 46.4 Å². The lowest BCUT2D eigenvalue weighted by Gasteiger charge is -2.30. The SMILES string of the molecule is CC(Nc1nc(Cl)nc2c1CN(C(=O)N1CCOCC1)C2)c1cccc(S(F)(F)F)c1. The van der Waals surface area contributed by atoms with E-state index in [1.807, 2.05) is 0 Å². The average molecular weight is 476 g/mol. The van der Waals surface area contributed by atoms with Gasteiger partial charge in [0.05, 0.1) is 36.9 Å². The summed E-state index contributed by atoms with van der Waals surface area (Å²) in [5, 5.41) is 3.17. The summed E-state index contributed by atoms with van der Waals surface area (Å²) >= 11 is 0.773. The highest BCUT2D eigenvalue weighted by Gasteiger charge is 2.32. The molecule has 0 radical (unpaired) electrons. The number of nitrogens with one attached hydrogen (secondary N) is 1. The molecular formula is C19H21ClF3N5O2S. The molecule has 12 heteroatoms. The third-order valence-electron chi connectivity index (χ3n) is 5.29. The number of nitrogens with zero attached hydrogens (tertiary/aromatic N) is 4. The lowest BCUT2D eigenvalue weighted by molar-refractivity contribution is 0.0429. The fraction of sp³-hybridized carbons (Fsp3) is 0.421. The van der Waals surface area contributed by atoms with Gasteiger partial charge in [-0.1, -0.05) is 12.1 Å². The number of rotatable bonds is 4. The molecule has 1 unspecified atom stereocenters. The first-order chi connectivity index (χ1) is 14.7. The zero-order valence-corrected chi connectivity index (χ0v) is 18.2. The first-order valence-electron chi connectivity index (χ1n) is 9.68. The van der Waals surface area contributed by atoms with E-state index in [4.69, 9.17) is 16.3 Å². The van der Waals surface area contributed by atoms with E-state index in [0.717, 1.165) is 17.7 Å². The van der Waals surface area contributed by atoms with Crippen molar-refractivity contribution < 1.29 is 21.2 Å². The maximum Gasteiger partial charge on any atom is 0.320 e. The number of amides is 2. The van der Waals surface area contributed by atoms with Crippen molar-refractivity contribution in [3.63, 3.8) is 0 Å². The number of morpholine rings is 1. The second-order valence-electron chi connectivity index (χ2n) is 7.35. The van der Waals surface area contributed by atoms with Crippen LogP contribution in [-0.4, -0.2) is 52.1 Å². The van der Waals surface area contributed by atoms with Crippen LogP contribution in [0.25, 0.3) is 0 Å². The predicted molar refractivity (Wildman–Crippen MR) is 112 cm³/mol. The molecule has 2 aliphatic heterocycles. The van der Waals surface area contributed by atoms with Crippen LogP contribution in [-0.2, 0) is 17.8 Å². The van der Waals surface area contributed by atoms with Crippen LogP contribution < -0.4 is 5.32 Å². The summed E-state index contributed by atoms with van der Waals surface area (Å²) in [6, 6.07) is 4.66. The van der Waals surface area contributed by atoms with E-state index < -0.39 is 22.1 Å². The van der Waals surface area contributed by atoms with Crippen LogP contribution >= 0.6 is 22.8 Å². The molecule has 1 fully saturated rings. The third kappa shape index (κ3) is 4.83. The Morgan fingerprint density at radius 3 is 2.65 bits per heavy atom. The van der Waals surface area contributed by atoms with Crippen LogP contribution in [0.1, 0.15) is 29.8 Å². The smallest absolute Gasteiger partial charge is 0.320 e. The Bertz CT molecular complexity index is 988. The molecule has 1 saturated heterocycles. The fourth-order valence-electron chi connectivity index (χ4n) is 3.65. The number of anilines is 1. The van der Waals surface area contributed by atoms with Gasteiger partial charge < -0.3 is 19.9 Å². The van der Waals surface area contributed by atoms with Crippen molar-refractivity contribution in [1.29, 1.82) is 0 Å². The molecule has 0 saturated carbocycles. The van der Waals surface area contributed by atoms with E-state index in [1.54, 1.807) is 22.8 Å². The molecule has 1 aromatic carbocycles. The van der Waals surface area contributed by atoms with Crippen molar-refractivity contribution in [1.82, 2.24) is 19.8 Å². The topological polar surface area (TPSA) is 70.6 Å². The van der Waals surface area contributed by atoms with Gasteiger partial charge in [-0.25, -0.2) is 14.8 Å². The molecule has 2 aliphatic rings. The Kier molecular flexibility index (Phi) is 6.18. The number of ether oxygens (including phenoxy) is 1. The highest BCUT2D eigenvalue weighted by Crippen LogP contribution is 2.60. The predicted octanol–water partition coefficient (Wildman–Crippen LogP) is 4.89. The second-order valence-corrected chi connectivity index (χ2v) is 8.97. The summed E-state index contributed by atoms with van der Waals surface area (Å²) in [4.78, 5) is 24.1. The van der Waals surface area contributed by atoms with Crippen molar-refractivity contribution in [2.75, 3.05) is 31.6 Å². The van der Waals surface area contributed by atoms with Gasteiger partial charge in [-0.3, -0.25) is 0 Å². The number of hydrogen-bond donors (Lipinski definition) is 1. The van der Waals surface area contributed by atoms with E-state index in [9.17, 15) is 16.5 Å². The summed E-state index contributed by atoms with van der Waals surface area (Å²) in [6.07, 6.45) is 0. The van der Waals surface area contributed by atoms with Crippen LogP contribution in [0.3, 0.4) is 0 Å². The van der Waals surface area contributed by atoms with Crippen molar-refractivity contribution >= 4 is 34.6 Å². The monoisotopic (exact) mass is 475 g/mol. The summed E-state index contributed by atoms with van der Waals surface area (Å²) in [7, 11) is 0. The molecule has 1 N–H and O–H groups in total. The van der Waals surface area contributed by atoms with Crippen LogP contribution in [0.15, 0.2) is 29.2 Å². The van der Waals surface area contributed by atoms with Gasteiger partial charge in [-0.15, -0.1) is 11.7 Å². The standard InChI is InChI=1S/C19H21ClF3N5O2S/c1-12(13-3-2-4-14(9-13)31(21,22)23)24-17-15-10-28(11-16(15)25-18(20)26-17)19(29)27-5-7-30-8-6-27/h2-4,9,12H,5-8,10-11H2,1H3,(H,24,25,26). The van der Waals surface area contributed by atoms with Crippen molar-refractivity contribution in [2.45, 2.75) is 31.0 Å². The maximum atomic E-state index is 13.1. The molecule has 0 bridgehead atoms. The molecule has 2 amide bonds. The zero-order valence-electron chi connectivity index (χ0n) is 16.7. The molecule has 1 aromatic heterocycles. The molecule has 1 atom stereocenters. The van der Waals surface area contributed by atoms with Gasteiger partial charge in [0.15, 0.2) is 0 Å². The lowest BCUT2D eigenvalue weighted by Crippen LogP contribution is -2.46. The minimum Gasteiger partial charge on any atom is -0.378 e. The van der Waals surface area contributed by atoms with Gasteiger partial charge in [0.1, 0.15) is 5.82 Å². The Morgan fingerprint density at radius 2 is 1.94 bits per heavy atom. The van der Waals surface area contributed by atoms with E-state index >= 15 is 0 Å². The molecule has 0 aliphatic carbocycles. The van der Waals surface area contributed by atoms with Crippen molar-refractivity contribution in [2.24, 2.45) is 0 Å². The number of benzene rings is 1. The second kappa shape index (κ2) is 8.71. The van der Waals surface area contributed by atoms with E-state index in [-0.39, 0.29) is 11.3 Å². The zero-order chi connectivity index (χ0) is 22.2. The number of carbonyl (C=O) groups is 1. The van der Waals surface area contributed by atoms with Crippen LogP contribution in [0.4, 0.5) is 22.3 Å². The van der Waals surface area contributed by atoms with Crippen LogP contribution in [0.5, 0.6) is 0 Å². The minimum atomic E-state index is -5.31. The normalized spacial score (nSPS) is 18.0. The third-order valence-corrected chi connectivity index (χ3v) is 6.24. The Morgan fingerprint density at radius 1 is 1.19 bits per heavy atom. The molecule has 31 heavy (non-hydrogen) atoms. The number of urea groups is 1. The number of carbonyl (C=O) groups excluding carboxylic acids is 1. The first kappa shape index (κ1) is 22.0. The van der Waals surface area contributed by atoms with E-state index in [1.165, 1.54) is 6.07 Å². The Balaban J connectivity index is 1.53. The van der Waals surface area contributed by atoms with Gasteiger partial charge in [0.25, 0.3) is 0 Å². The van der Waals surface area contributed by atoms with E-state index in [2.05, 4.69) is 15.3 Å². The van der Waals surface area contributed by atoms with Gasteiger partial charge in [0, 0.05) is 24.7 Å². The average Bonchev–Trinajstić information content (AvgIpc) is 3.17. The van der Waals surface area contributed by atoms with E-state index in [0.29, 0.717) is 56.5 Å². The molecule has 3 heterocycles. The first-order valence-corrected chi connectivity index (χ1v) is 11.4. The number of hydrogen-bond acceptors (Lipinski definition) is 5. The molecule has 7 nitrogen and oxygen atoms in total. The minimum absolute atomic E-state index is 0.0163.